The van der Waals surface area contributed by atoms with Gasteiger partial charge in [0, 0.05) is 0 Å². The van der Waals surface area contributed by atoms with Gasteiger partial charge in [-0.3, -0.25) is 0 Å². The normalized spacial score (nSPS) is 22.3. The van der Waals surface area contributed by atoms with Crippen LogP contribution in [-0.4, -0.2) is 23.3 Å². The Morgan fingerprint density at radius 2 is 1.91 bits per heavy atom. The van der Waals surface area contributed by atoms with Gasteiger partial charge in [-0.15, -0.1) is 0 Å². The Hall–Kier alpha value is -2.27. The van der Waals surface area contributed by atoms with Gasteiger partial charge in [-0.05, 0) is 30.5 Å². The van der Waals surface area contributed by atoms with Crippen LogP contribution in [0.15, 0.2) is 53.1 Å². The number of benzene rings is 1. The Bertz CT molecular complexity index is 612. The highest BCUT2D eigenvalue weighted by Crippen LogP contribution is 2.23. The van der Waals surface area contributed by atoms with Crippen LogP contribution in [0.3, 0.4) is 0 Å². The van der Waals surface area contributed by atoms with Crippen molar-refractivity contribution in [3.8, 4) is 0 Å². The average Bonchev–Trinajstić information content (AvgIpc) is 3.10. The van der Waals surface area contributed by atoms with Crippen LogP contribution in [0, 0.1) is 0 Å². The summed E-state index contributed by atoms with van der Waals surface area (Å²) in [6.07, 6.45) is 4.72. The van der Waals surface area contributed by atoms with Gasteiger partial charge in [-0.25, -0.2) is 4.79 Å². The number of urea groups is 1. The third kappa shape index (κ3) is 3.93. The maximum absolute atomic E-state index is 12.4. The maximum Gasteiger partial charge on any atom is 0.315 e. The molecule has 122 valence electrons. The third-order valence-electron chi connectivity index (χ3n) is 4.28. The number of amides is 2. The van der Waals surface area contributed by atoms with Crippen molar-refractivity contribution >= 4 is 6.03 Å². The monoisotopic (exact) mass is 314 g/mol. The molecule has 5 nitrogen and oxygen atoms in total. The molecule has 1 heterocycles. The van der Waals surface area contributed by atoms with E-state index in [-0.39, 0.29) is 18.1 Å². The average molecular weight is 314 g/mol. The fourth-order valence-electron chi connectivity index (χ4n) is 3.04. The number of aliphatic hydroxyl groups is 1. The zero-order chi connectivity index (χ0) is 16.1. The second-order valence-corrected chi connectivity index (χ2v) is 5.94. The fraction of sp³-hybridized carbons (Fsp3) is 0.389. The number of carbonyl (C=O) groups excluding carboxylic acids is 1. The van der Waals surface area contributed by atoms with Crippen LogP contribution in [0.1, 0.15) is 43.0 Å². The van der Waals surface area contributed by atoms with Crippen molar-refractivity contribution in [2.45, 2.75) is 43.9 Å². The molecule has 1 aliphatic rings. The molecule has 3 N–H and O–H groups in total. The quantitative estimate of drug-likeness (QED) is 0.812. The summed E-state index contributed by atoms with van der Waals surface area (Å²) in [7, 11) is 0. The summed E-state index contributed by atoms with van der Waals surface area (Å²) in [6, 6.07) is 12.5. The maximum atomic E-state index is 12.4. The van der Waals surface area contributed by atoms with Gasteiger partial charge in [-0.2, -0.15) is 0 Å². The number of furan rings is 1. The van der Waals surface area contributed by atoms with E-state index in [1.54, 1.807) is 12.3 Å². The molecule has 0 aliphatic heterocycles. The summed E-state index contributed by atoms with van der Waals surface area (Å²) < 4.78 is 5.47. The van der Waals surface area contributed by atoms with Crippen molar-refractivity contribution in [2.75, 3.05) is 0 Å². The van der Waals surface area contributed by atoms with Crippen LogP contribution in [0.25, 0.3) is 0 Å². The van der Waals surface area contributed by atoms with Crippen molar-refractivity contribution in [1.82, 2.24) is 10.6 Å². The van der Waals surface area contributed by atoms with Gasteiger partial charge in [0.05, 0.1) is 18.4 Å². The van der Waals surface area contributed by atoms with Gasteiger partial charge < -0.3 is 20.2 Å². The van der Waals surface area contributed by atoms with E-state index in [1.165, 1.54) is 0 Å². The molecule has 5 heteroatoms. The molecule has 1 saturated carbocycles. The van der Waals surface area contributed by atoms with E-state index in [1.807, 2.05) is 36.4 Å². The van der Waals surface area contributed by atoms with Gasteiger partial charge in [0.1, 0.15) is 11.8 Å². The zero-order valence-electron chi connectivity index (χ0n) is 12.9. The number of aliphatic hydroxyl groups excluding tert-OH is 1. The van der Waals surface area contributed by atoms with E-state index < -0.39 is 6.10 Å². The zero-order valence-corrected chi connectivity index (χ0v) is 12.9. The van der Waals surface area contributed by atoms with E-state index in [4.69, 9.17) is 4.42 Å². The Kier molecular flexibility index (Phi) is 4.98. The minimum Gasteiger partial charge on any atom is -0.467 e. The highest BCUT2D eigenvalue weighted by molar-refractivity contribution is 5.75. The standard InChI is InChI=1S/C18H22N2O3/c21-15-10-5-4-9-14(15)19-18(22)20-17(16-11-6-12-23-16)13-7-2-1-3-8-13/h1-3,6-8,11-12,14-15,17,21H,4-5,9-10H2,(H2,19,20,22). The highest BCUT2D eigenvalue weighted by Gasteiger charge is 2.26. The minimum atomic E-state index is -0.465. The van der Waals surface area contributed by atoms with Crippen LogP contribution in [0.5, 0.6) is 0 Å². The van der Waals surface area contributed by atoms with E-state index in [0.717, 1.165) is 31.2 Å². The topological polar surface area (TPSA) is 74.5 Å². The van der Waals surface area contributed by atoms with Gasteiger partial charge in [0.2, 0.25) is 0 Å². The Balaban J connectivity index is 1.70. The second-order valence-electron chi connectivity index (χ2n) is 5.94. The second kappa shape index (κ2) is 7.33. The number of hydrogen-bond donors (Lipinski definition) is 3. The smallest absolute Gasteiger partial charge is 0.315 e. The van der Waals surface area contributed by atoms with Crippen LogP contribution in [0.2, 0.25) is 0 Å². The van der Waals surface area contributed by atoms with Crippen molar-refractivity contribution in [3.63, 3.8) is 0 Å². The first-order valence-electron chi connectivity index (χ1n) is 8.07. The van der Waals surface area contributed by atoms with Crippen molar-refractivity contribution in [2.24, 2.45) is 0 Å². The molecular weight excluding hydrogens is 292 g/mol. The molecular formula is C18H22N2O3. The van der Waals surface area contributed by atoms with Crippen LogP contribution in [0.4, 0.5) is 4.79 Å². The summed E-state index contributed by atoms with van der Waals surface area (Å²) in [6.45, 7) is 0. The van der Waals surface area contributed by atoms with Gasteiger partial charge in [-0.1, -0.05) is 43.2 Å². The highest BCUT2D eigenvalue weighted by atomic mass is 16.3. The Morgan fingerprint density at radius 1 is 1.13 bits per heavy atom. The van der Waals surface area contributed by atoms with Crippen molar-refractivity contribution < 1.29 is 14.3 Å². The predicted molar refractivity (Wildman–Crippen MR) is 86.9 cm³/mol. The van der Waals surface area contributed by atoms with Gasteiger partial charge >= 0.3 is 6.03 Å². The van der Waals surface area contributed by atoms with Crippen molar-refractivity contribution in [1.29, 1.82) is 0 Å². The van der Waals surface area contributed by atoms with E-state index in [2.05, 4.69) is 10.6 Å². The molecule has 2 amide bonds. The summed E-state index contributed by atoms with van der Waals surface area (Å²) in [4.78, 5) is 12.4. The Labute approximate surface area is 135 Å². The molecule has 3 rings (SSSR count). The molecule has 0 saturated heterocycles. The van der Waals surface area contributed by atoms with E-state index >= 15 is 0 Å². The number of nitrogens with one attached hydrogen (secondary N) is 2. The van der Waals surface area contributed by atoms with E-state index in [0.29, 0.717) is 5.76 Å². The van der Waals surface area contributed by atoms with E-state index in [9.17, 15) is 9.90 Å². The molecule has 3 atom stereocenters. The number of carbonyl (C=O) groups is 1. The fourth-order valence-corrected chi connectivity index (χ4v) is 3.04. The lowest BCUT2D eigenvalue weighted by molar-refractivity contribution is 0.0941. The molecule has 3 unspecified atom stereocenters. The molecule has 0 bridgehead atoms. The largest absolute Gasteiger partial charge is 0.467 e. The number of rotatable bonds is 4. The summed E-state index contributed by atoms with van der Waals surface area (Å²) >= 11 is 0. The minimum absolute atomic E-state index is 0.184. The molecule has 23 heavy (non-hydrogen) atoms. The lowest BCUT2D eigenvalue weighted by atomic mass is 9.93. The molecule has 1 fully saturated rings. The van der Waals surface area contributed by atoms with Crippen LogP contribution in [-0.2, 0) is 0 Å². The van der Waals surface area contributed by atoms with Crippen molar-refractivity contribution in [3.05, 3.63) is 60.1 Å². The summed E-state index contributed by atoms with van der Waals surface area (Å²) in [5.74, 6) is 0.676. The first-order chi connectivity index (χ1) is 11.2. The summed E-state index contributed by atoms with van der Waals surface area (Å²) in [5.41, 5.74) is 0.946. The summed E-state index contributed by atoms with van der Waals surface area (Å²) in [5, 5.41) is 15.8. The molecule has 1 aromatic heterocycles. The first-order valence-corrected chi connectivity index (χ1v) is 8.07. The lowest BCUT2D eigenvalue weighted by Gasteiger charge is -2.29. The van der Waals surface area contributed by atoms with Gasteiger partial charge in [0.25, 0.3) is 0 Å². The molecule has 0 radical (unpaired) electrons. The Morgan fingerprint density at radius 3 is 2.61 bits per heavy atom. The molecule has 0 spiro atoms. The molecule has 2 aromatic rings. The SMILES string of the molecule is O=C(NC(c1ccccc1)c1ccco1)NC1CCCCC1O. The van der Waals surface area contributed by atoms with Crippen LogP contribution >= 0.6 is 0 Å². The lowest BCUT2D eigenvalue weighted by Crippen LogP contribution is -2.49. The number of hydrogen-bond acceptors (Lipinski definition) is 3. The predicted octanol–water partition coefficient (Wildman–Crippen LogP) is 2.97. The molecule has 1 aromatic carbocycles. The van der Waals surface area contributed by atoms with Gasteiger partial charge in [0.15, 0.2) is 0 Å². The third-order valence-corrected chi connectivity index (χ3v) is 4.28. The van der Waals surface area contributed by atoms with Crippen LogP contribution < -0.4 is 10.6 Å². The molecule has 1 aliphatic carbocycles. The first kappa shape index (κ1) is 15.6.